The molecular formula is C14H12N2O3. The van der Waals surface area contributed by atoms with Crippen LogP contribution in [0.25, 0.3) is 11.3 Å². The number of rotatable bonds is 3. The van der Waals surface area contributed by atoms with Crippen LogP contribution in [0.4, 0.5) is 5.69 Å². The Labute approximate surface area is 109 Å². The lowest BCUT2D eigenvalue weighted by molar-refractivity contribution is -0.114. The van der Waals surface area contributed by atoms with Crippen LogP contribution in [0.5, 0.6) is 0 Å². The van der Waals surface area contributed by atoms with Crippen LogP contribution in [0.3, 0.4) is 0 Å². The van der Waals surface area contributed by atoms with Crippen molar-refractivity contribution >= 4 is 17.6 Å². The predicted octanol–water partition coefficient (Wildman–Crippen LogP) is 2.41. The fraction of sp³-hybridized carbons (Fsp3) is 0.0714. The molecule has 96 valence electrons. The van der Waals surface area contributed by atoms with Crippen LogP contribution in [-0.4, -0.2) is 22.0 Å². The van der Waals surface area contributed by atoms with Crippen molar-refractivity contribution in [3.63, 3.8) is 0 Å². The van der Waals surface area contributed by atoms with Gasteiger partial charge in [-0.25, -0.2) is 9.78 Å². The Kier molecular flexibility index (Phi) is 3.56. The molecule has 1 heterocycles. The molecule has 0 atom stereocenters. The molecule has 0 saturated carbocycles. The number of aromatic nitrogens is 1. The molecule has 1 amide bonds. The molecule has 0 bridgehead atoms. The van der Waals surface area contributed by atoms with Gasteiger partial charge in [0.25, 0.3) is 0 Å². The highest BCUT2D eigenvalue weighted by Gasteiger charge is 2.07. The van der Waals surface area contributed by atoms with Crippen molar-refractivity contribution in [3.05, 3.63) is 48.2 Å². The number of hydrogen-bond donors (Lipinski definition) is 2. The number of hydrogen-bond acceptors (Lipinski definition) is 3. The van der Waals surface area contributed by atoms with E-state index in [4.69, 9.17) is 5.11 Å². The summed E-state index contributed by atoms with van der Waals surface area (Å²) in [6.07, 6.45) is 0. The maximum Gasteiger partial charge on any atom is 0.354 e. The minimum Gasteiger partial charge on any atom is -0.477 e. The molecule has 5 heteroatoms. The summed E-state index contributed by atoms with van der Waals surface area (Å²) in [6.45, 7) is 1.43. The monoisotopic (exact) mass is 256 g/mol. The second-order valence-electron chi connectivity index (χ2n) is 3.98. The van der Waals surface area contributed by atoms with Gasteiger partial charge < -0.3 is 10.4 Å². The highest BCUT2D eigenvalue weighted by Crippen LogP contribution is 2.21. The summed E-state index contributed by atoms with van der Waals surface area (Å²) in [5, 5.41) is 11.6. The third-order valence-corrected chi connectivity index (χ3v) is 2.45. The van der Waals surface area contributed by atoms with Gasteiger partial charge in [0, 0.05) is 18.2 Å². The number of carbonyl (C=O) groups excluding carboxylic acids is 1. The first-order valence-electron chi connectivity index (χ1n) is 5.64. The third kappa shape index (κ3) is 3.16. The lowest BCUT2D eigenvalue weighted by atomic mass is 10.1. The molecule has 0 fully saturated rings. The van der Waals surface area contributed by atoms with Gasteiger partial charge >= 0.3 is 5.97 Å². The van der Waals surface area contributed by atoms with Crippen molar-refractivity contribution in [1.29, 1.82) is 0 Å². The fourth-order valence-corrected chi connectivity index (χ4v) is 1.67. The largest absolute Gasteiger partial charge is 0.477 e. The minimum atomic E-state index is -1.07. The van der Waals surface area contributed by atoms with Gasteiger partial charge in [-0.15, -0.1) is 0 Å². The van der Waals surface area contributed by atoms with E-state index >= 15 is 0 Å². The van der Waals surface area contributed by atoms with E-state index in [2.05, 4.69) is 10.3 Å². The Morgan fingerprint density at radius 1 is 1.16 bits per heavy atom. The maximum atomic E-state index is 11.0. The van der Waals surface area contributed by atoms with Gasteiger partial charge in [-0.2, -0.15) is 0 Å². The molecule has 0 radical (unpaired) electrons. The zero-order valence-corrected chi connectivity index (χ0v) is 10.3. The molecule has 0 aliphatic rings. The summed E-state index contributed by atoms with van der Waals surface area (Å²) in [5.41, 5.74) is 1.93. The van der Waals surface area contributed by atoms with Crippen LogP contribution >= 0.6 is 0 Å². The summed E-state index contributed by atoms with van der Waals surface area (Å²) in [5.74, 6) is -1.23. The summed E-state index contributed by atoms with van der Waals surface area (Å²) in [4.78, 5) is 25.9. The highest BCUT2D eigenvalue weighted by molar-refractivity contribution is 5.89. The number of nitrogens with one attached hydrogen (secondary N) is 1. The highest BCUT2D eigenvalue weighted by atomic mass is 16.4. The van der Waals surface area contributed by atoms with Gasteiger partial charge in [0.05, 0.1) is 5.69 Å². The summed E-state index contributed by atoms with van der Waals surface area (Å²) >= 11 is 0. The number of nitrogens with zero attached hydrogens (tertiary/aromatic N) is 1. The van der Waals surface area contributed by atoms with Crippen molar-refractivity contribution in [1.82, 2.24) is 4.98 Å². The zero-order chi connectivity index (χ0) is 13.8. The van der Waals surface area contributed by atoms with E-state index in [0.717, 1.165) is 5.56 Å². The van der Waals surface area contributed by atoms with E-state index in [-0.39, 0.29) is 11.6 Å². The fourth-order valence-electron chi connectivity index (χ4n) is 1.67. The topological polar surface area (TPSA) is 79.3 Å². The SMILES string of the molecule is CC(=O)Nc1cccc(-c2cccc(C(=O)O)n2)c1. The average molecular weight is 256 g/mol. The number of benzene rings is 1. The first-order chi connectivity index (χ1) is 9.06. The maximum absolute atomic E-state index is 11.0. The van der Waals surface area contributed by atoms with E-state index in [1.807, 2.05) is 0 Å². The molecule has 5 nitrogen and oxygen atoms in total. The molecule has 0 spiro atoms. The number of aromatic carboxylic acids is 1. The second kappa shape index (κ2) is 5.30. The normalized spacial score (nSPS) is 9.95. The molecule has 2 rings (SSSR count). The van der Waals surface area contributed by atoms with Crippen LogP contribution in [0.15, 0.2) is 42.5 Å². The van der Waals surface area contributed by atoms with Crippen molar-refractivity contribution in [2.45, 2.75) is 6.92 Å². The summed E-state index contributed by atoms with van der Waals surface area (Å²) in [6, 6.07) is 11.9. The Hall–Kier alpha value is -2.69. The molecule has 1 aromatic heterocycles. The smallest absolute Gasteiger partial charge is 0.354 e. The molecule has 0 aliphatic heterocycles. The lowest BCUT2D eigenvalue weighted by Gasteiger charge is -2.06. The molecule has 0 aliphatic carbocycles. The van der Waals surface area contributed by atoms with Crippen LogP contribution in [0, 0.1) is 0 Å². The van der Waals surface area contributed by atoms with E-state index in [1.54, 1.807) is 36.4 Å². The predicted molar refractivity (Wildman–Crippen MR) is 70.9 cm³/mol. The van der Waals surface area contributed by atoms with E-state index in [1.165, 1.54) is 13.0 Å². The Morgan fingerprint density at radius 3 is 2.58 bits per heavy atom. The van der Waals surface area contributed by atoms with Crippen LogP contribution in [-0.2, 0) is 4.79 Å². The molecule has 1 aromatic carbocycles. The number of carbonyl (C=O) groups is 2. The zero-order valence-electron chi connectivity index (χ0n) is 10.3. The van der Waals surface area contributed by atoms with Gasteiger partial charge in [-0.05, 0) is 24.3 Å². The first-order valence-corrected chi connectivity index (χ1v) is 5.64. The standard InChI is InChI=1S/C14H12N2O3/c1-9(17)15-11-5-2-4-10(8-11)12-6-3-7-13(16-12)14(18)19/h2-8H,1H3,(H,15,17)(H,18,19). The Bertz CT molecular complexity index is 638. The minimum absolute atomic E-state index is 0.0116. The lowest BCUT2D eigenvalue weighted by Crippen LogP contribution is -2.05. The number of carboxylic acids is 1. The van der Waals surface area contributed by atoms with Crippen LogP contribution in [0.2, 0.25) is 0 Å². The molecular weight excluding hydrogens is 244 g/mol. The molecule has 2 aromatic rings. The van der Waals surface area contributed by atoms with Crippen molar-refractivity contribution in [2.75, 3.05) is 5.32 Å². The Morgan fingerprint density at radius 2 is 1.89 bits per heavy atom. The van der Waals surface area contributed by atoms with Gasteiger partial charge in [0.1, 0.15) is 5.69 Å². The number of carboxylic acid groups (broad SMARTS) is 1. The summed E-state index contributed by atoms with van der Waals surface area (Å²) < 4.78 is 0. The van der Waals surface area contributed by atoms with Gasteiger partial charge in [0.15, 0.2) is 0 Å². The van der Waals surface area contributed by atoms with Gasteiger partial charge in [0.2, 0.25) is 5.91 Å². The second-order valence-corrected chi connectivity index (χ2v) is 3.98. The Balaban J connectivity index is 2.38. The number of amides is 1. The average Bonchev–Trinajstić information content (AvgIpc) is 2.38. The molecule has 19 heavy (non-hydrogen) atoms. The molecule has 0 unspecified atom stereocenters. The summed E-state index contributed by atoms with van der Waals surface area (Å²) in [7, 11) is 0. The number of pyridine rings is 1. The van der Waals surface area contributed by atoms with Crippen molar-refractivity contribution in [3.8, 4) is 11.3 Å². The molecule has 0 saturated heterocycles. The van der Waals surface area contributed by atoms with Crippen LogP contribution in [0.1, 0.15) is 17.4 Å². The third-order valence-electron chi connectivity index (χ3n) is 2.45. The van der Waals surface area contributed by atoms with Crippen molar-refractivity contribution < 1.29 is 14.7 Å². The first kappa shape index (κ1) is 12.8. The quantitative estimate of drug-likeness (QED) is 0.883. The van der Waals surface area contributed by atoms with E-state index in [0.29, 0.717) is 11.4 Å². The molecule has 2 N–H and O–H groups in total. The van der Waals surface area contributed by atoms with E-state index in [9.17, 15) is 9.59 Å². The van der Waals surface area contributed by atoms with E-state index < -0.39 is 5.97 Å². The van der Waals surface area contributed by atoms with Crippen LogP contribution < -0.4 is 5.32 Å². The van der Waals surface area contributed by atoms with Crippen molar-refractivity contribution in [2.24, 2.45) is 0 Å². The van der Waals surface area contributed by atoms with Gasteiger partial charge in [-0.1, -0.05) is 18.2 Å². The number of anilines is 1. The van der Waals surface area contributed by atoms with Gasteiger partial charge in [-0.3, -0.25) is 4.79 Å².